The molecule has 0 aromatic heterocycles. The number of anilines is 6. The van der Waals surface area contributed by atoms with Gasteiger partial charge < -0.3 is 9.80 Å². The molecule has 18 aromatic carbocycles. The minimum absolute atomic E-state index is 0.144. The summed E-state index contributed by atoms with van der Waals surface area (Å²) in [6.07, 6.45) is 0. The molecule has 5 heteroatoms. The van der Waals surface area contributed by atoms with Gasteiger partial charge in [-0.2, -0.15) is 0 Å². The van der Waals surface area contributed by atoms with Gasteiger partial charge in [-0.05, 0) is 183 Å². The van der Waals surface area contributed by atoms with Crippen molar-refractivity contribution in [3.05, 3.63) is 466 Å². The molecule has 0 saturated carbocycles. The van der Waals surface area contributed by atoms with Crippen molar-refractivity contribution >= 4 is 115 Å². The standard InChI is InChI=1S/C116H93BN2Si2/c1-115(2,3)94-70-91(71-95(80-94)116(4,5)6)93-78-112-114-113(79-93)119(111-77-90(84-44-20-9-21-45-84)66-68-105(111)86-48-24-11-25-49-86)109-65-37-35-63-106(109)117(114)107-76-89(67-69-110(107)118(112)108-64-36-34-62-104(108)85-46-22-10-23-47-85)92-74-102(120(96-52-26-12-27-53-96,97-54-28-13-29-55-97)100-60-38-50-87(72-100)82-40-16-7-17-41-82)81-103(75-92)121(98-56-30-14-31-57-98,99-58-32-15-33-59-99)101-61-39-51-88(73-101)83-42-18-8-19-43-83/h7-81H,1-6H3. The molecular formula is C116H93BN2Si2. The minimum Gasteiger partial charge on any atom is -0.311 e. The number of fused-ring (bicyclic) bond motifs is 4. The number of rotatable bonds is 17. The van der Waals surface area contributed by atoms with Crippen LogP contribution in [0.25, 0.3) is 77.9 Å². The van der Waals surface area contributed by atoms with E-state index in [1.165, 1.54) is 96.8 Å². The van der Waals surface area contributed by atoms with E-state index in [-0.39, 0.29) is 17.5 Å². The average molecular weight is 1580 g/mol. The van der Waals surface area contributed by atoms with Gasteiger partial charge in [-0.3, -0.25) is 0 Å². The third-order valence-corrected chi connectivity index (χ3v) is 34.9. The molecule has 0 fully saturated rings. The SMILES string of the molecule is CC(C)(C)c1cc(-c2cc3c4c(c2)N(c2cc(-c5ccccc5)ccc2-c2ccccc2)c2ccccc2B4c2cc(-c4cc([Si](c5ccccc5)(c5ccccc5)c5cccc(-c6ccccc6)c5)cc([Si](c5ccccc5)(c5ccccc5)c5cccc(-c6ccccc6)c5)c4)ccc2N3c2ccccc2-c2ccccc2)cc(C(C)(C)C)c1. The van der Waals surface area contributed by atoms with Crippen LogP contribution < -0.4 is 67.7 Å². The van der Waals surface area contributed by atoms with Gasteiger partial charge in [0.2, 0.25) is 0 Å². The maximum atomic E-state index is 2.72. The van der Waals surface area contributed by atoms with Gasteiger partial charge in [0.15, 0.2) is 16.1 Å². The quantitative estimate of drug-likeness (QED) is 0.0662. The lowest BCUT2D eigenvalue weighted by atomic mass is 9.33. The maximum Gasteiger partial charge on any atom is 0.252 e. The normalized spacial score (nSPS) is 12.5. The van der Waals surface area contributed by atoms with Gasteiger partial charge in [0, 0.05) is 33.9 Å². The molecule has 0 radical (unpaired) electrons. The van der Waals surface area contributed by atoms with Crippen molar-refractivity contribution in [1.29, 1.82) is 0 Å². The first-order valence-electron chi connectivity index (χ1n) is 42.5. The molecule has 0 aliphatic carbocycles. The molecule has 578 valence electrons. The third-order valence-electron chi connectivity index (χ3n) is 25.4. The molecule has 2 aliphatic heterocycles. The molecule has 0 atom stereocenters. The maximum absolute atomic E-state index is 3.49. The van der Waals surface area contributed by atoms with Crippen LogP contribution >= 0.6 is 0 Å². The number of hydrogen-bond donors (Lipinski definition) is 0. The highest BCUT2D eigenvalue weighted by molar-refractivity contribution is 7.22. The summed E-state index contributed by atoms with van der Waals surface area (Å²) in [4.78, 5) is 5.32. The summed E-state index contributed by atoms with van der Waals surface area (Å²) in [7, 11) is -6.98. The second kappa shape index (κ2) is 31.4. The molecule has 2 heterocycles. The lowest BCUT2D eigenvalue weighted by Gasteiger charge is -2.45. The van der Waals surface area contributed by atoms with Crippen molar-refractivity contribution in [3.8, 4) is 77.9 Å². The van der Waals surface area contributed by atoms with Gasteiger partial charge in [0.1, 0.15) is 0 Å². The summed E-state index contributed by atoms with van der Waals surface area (Å²) in [6, 6.07) is 174. The Labute approximate surface area is 715 Å². The van der Waals surface area contributed by atoms with Crippen LogP contribution in [0.2, 0.25) is 0 Å². The fourth-order valence-corrected chi connectivity index (χ4v) is 29.3. The van der Waals surface area contributed by atoms with Crippen LogP contribution in [-0.4, -0.2) is 22.9 Å². The first-order valence-corrected chi connectivity index (χ1v) is 46.5. The van der Waals surface area contributed by atoms with Crippen LogP contribution in [0.15, 0.2) is 455 Å². The highest BCUT2D eigenvalue weighted by Crippen LogP contribution is 2.51. The van der Waals surface area contributed by atoms with Crippen molar-refractivity contribution in [2.45, 2.75) is 52.4 Å². The predicted molar refractivity (Wildman–Crippen MR) is 523 cm³/mol. The smallest absolute Gasteiger partial charge is 0.252 e. The van der Waals surface area contributed by atoms with E-state index in [2.05, 4.69) is 506 Å². The fraction of sp³-hybridized carbons (Fsp3) is 0.0690. The number of hydrogen-bond acceptors (Lipinski definition) is 2. The minimum atomic E-state index is -3.49. The zero-order valence-corrected chi connectivity index (χ0v) is 71.3. The Kier molecular flexibility index (Phi) is 19.7. The Morgan fingerprint density at radius 2 is 0.488 bits per heavy atom. The second-order valence-electron chi connectivity index (χ2n) is 34.7. The summed E-state index contributed by atoms with van der Waals surface area (Å²) in [5, 5.41) is 10.4. The molecule has 0 unspecified atom stereocenters. The summed E-state index contributed by atoms with van der Waals surface area (Å²) in [5.74, 6) is 0. The zero-order chi connectivity index (χ0) is 81.8. The van der Waals surface area contributed by atoms with Crippen LogP contribution in [0, 0.1) is 0 Å². The van der Waals surface area contributed by atoms with Crippen molar-refractivity contribution in [2.24, 2.45) is 0 Å². The lowest BCUT2D eigenvalue weighted by molar-refractivity contribution is 0.569. The van der Waals surface area contributed by atoms with Crippen LogP contribution in [0.5, 0.6) is 0 Å². The average Bonchev–Trinajstić information content (AvgIpc) is 0.684. The number of nitrogens with zero attached hydrogens (tertiary/aromatic N) is 2. The Morgan fingerprint density at radius 1 is 0.182 bits per heavy atom. The summed E-state index contributed by atoms with van der Waals surface area (Å²) in [5.41, 5.74) is 29.1. The van der Waals surface area contributed by atoms with Crippen LogP contribution in [-0.2, 0) is 10.8 Å². The third kappa shape index (κ3) is 13.6. The Hall–Kier alpha value is -13.9. The van der Waals surface area contributed by atoms with Gasteiger partial charge in [-0.1, -0.05) is 460 Å². The number of para-hydroxylation sites is 2. The molecule has 0 bridgehead atoms. The van der Waals surface area contributed by atoms with Crippen molar-refractivity contribution in [1.82, 2.24) is 0 Å². The second-order valence-corrected chi connectivity index (χ2v) is 42.3. The molecule has 18 aromatic rings. The monoisotopic (exact) mass is 1580 g/mol. The van der Waals surface area contributed by atoms with Crippen LogP contribution in [0.1, 0.15) is 52.7 Å². The van der Waals surface area contributed by atoms with Gasteiger partial charge in [-0.25, -0.2) is 0 Å². The molecule has 2 nitrogen and oxygen atoms in total. The topological polar surface area (TPSA) is 6.48 Å². The molecule has 0 saturated heterocycles. The summed E-state index contributed by atoms with van der Waals surface area (Å²) >= 11 is 0. The Bertz CT molecular complexity index is 6530. The van der Waals surface area contributed by atoms with Gasteiger partial charge >= 0.3 is 0 Å². The van der Waals surface area contributed by atoms with Crippen LogP contribution in [0.4, 0.5) is 34.1 Å². The van der Waals surface area contributed by atoms with E-state index in [0.29, 0.717) is 0 Å². The Morgan fingerprint density at radius 3 is 0.934 bits per heavy atom. The number of benzene rings is 18. The van der Waals surface area contributed by atoms with Gasteiger partial charge in [-0.15, -0.1) is 0 Å². The molecule has 0 N–H and O–H groups in total. The summed E-state index contributed by atoms with van der Waals surface area (Å²) < 4.78 is 0. The van der Waals surface area contributed by atoms with Gasteiger partial charge in [0.25, 0.3) is 6.71 Å². The van der Waals surface area contributed by atoms with E-state index in [9.17, 15) is 0 Å². The van der Waals surface area contributed by atoms with Crippen LogP contribution in [0.3, 0.4) is 0 Å². The molecule has 0 spiro atoms. The van der Waals surface area contributed by atoms with E-state index in [0.717, 1.165) is 84.2 Å². The molecule has 20 rings (SSSR count). The van der Waals surface area contributed by atoms with E-state index in [1.807, 2.05) is 0 Å². The van der Waals surface area contributed by atoms with E-state index >= 15 is 0 Å². The molecule has 121 heavy (non-hydrogen) atoms. The van der Waals surface area contributed by atoms with E-state index in [4.69, 9.17) is 0 Å². The van der Waals surface area contributed by atoms with E-state index < -0.39 is 16.1 Å². The van der Waals surface area contributed by atoms with Crippen molar-refractivity contribution < 1.29 is 0 Å². The summed E-state index contributed by atoms with van der Waals surface area (Å²) in [6.45, 7) is 13.9. The highest BCUT2D eigenvalue weighted by atomic mass is 28.3. The molecule has 2 aliphatic rings. The van der Waals surface area contributed by atoms with Crippen molar-refractivity contribution in [2.75, 3.05) is 9.80 Å². The molecular weight excluding hydrogens is 1490 g/mol. The first-order chi connectivity index (χ1) is 59.3. The van der Waals surface area contributed by atoms with E-state index in [1.54, 1.807) is 0 Å². The predicted octanol–water partition coefficient (Wildman–Crippen LogP) is 22.8. The highest BCUT2D eigenvalue weighted by Gasteiger charge is 2.49. The van der Waals surface area contributed by atoms with Gasteiger partial charge in [0.05, 0.1) is 11.4 Å². The lowest BCUT2D eigenvalue weighted by Crippen LogP contribution is -2.78. The fourth-order valence-electron chi connectivity index (χ4n) is 19.5. The zero-order valence-electron chi connectivity index (χ0n) is 69.3. The van der Waals surface area contributed by atoms with Crippen molar-refractivity contribution in [3.63, 3.8) is 0 Å². The molecule has 0 amide bonds. The largest absolute Gasteiger partial charge is 0.311 e. The first kappa shape index (κ1) is 75.8. The Balaban J connectivity index is 0.934.